The predicted octanol–water partition coefficient (Wildman–Crippen LogP) is 0.315. The van der Waals surface area contributed by atoms with Crippen LogP contribution in [0.25, 0.3) is 0 Å². The van der Waals surface area contributed by atoms with Crippen molar-refractivity contribution in [1.29, 1.82) is 0 Å². The molecule has 0 radical (unpaired) electrons. The molecule has 0 unspecified atom stereocenters. The summed E-state index contributed by atoms with van der Waals surface area (Å²) in [6.07, 6.45) is -3.09. The fraction of sp³-hybridized carbons (Fsp3) is 0.812. The van der Waals surface area contributed by atoms with E-state index in [1.54, 1.807) is 6.92 Å². The molecular formula is C16H26O9. The number of aliphatic hydroxyl groups excluding tert-OH is 1. The molecule has 1 heterocycles. The highest BCUT2D eigenvalue weighted by atomic mass is 16.7. The molecule has 9 heteroatoms. The minimum absolute atomic E-state index is 0.0474. The number of esters is 3. The van der Waals surface area contributed by atoms with Gasteiger partial charge in [0, 0.05) is 33.8 Å². The predicted molar refractivity (Wildman–Crippen MR) is 83.3 cm³/mol. The zero-order valence-electron chi connectivity index (χ0n) is 14.9. The molecule has 1 saturated heterocycles. The highest BCUT2D eigenvalue weighted by molar-refractivity contribution is 5.67. The second kappa shape index (κ2) is 10.3. The number of hydrogen-bond acceptors (Lipinski definition) is 9. The van der Waals surface area contributed by atoms with Gasteiger partial charge >= 0.3 is 17.9 Å². The van der Waals surface area contributed by atoms with Crippen LogP contribution in [0.4, 0.5) is 0 Å². The first-order valence-corrected chi connectivity index (χ1v) is 8.12. The molecule has 0 spiro atoms. The number of carbonyl (C=O) groups excluding carboxylic acids is 3. The van der Waals surface area contributed by atoms with E-state index in [1.807, 2.05) is 0 Å². The molecule has 1 aliphatic heterocycles. The Morgan fingerprint density at radius 3 is 2.28 bits per heavy atom. The van der Waals surface area contributed by atoms with Gasteiger partial charge in [-0.15, -0.1) is 0 Å². The third-order valence-corrected chi connectivity index (χ3v) is 3.47. The molecule has 25 heavy (non-hydrogen) atoms. The number of carbonyl (C=O) groups is 3. The first-order chi connectivity index (χ1) is 11.7. The van der Waals surface area contributed by atoms with Crippen LogP contribution in [0.3, 0.4) is 0 Å². The van der Waals surface area contributed by atoms with Gasteiger partial charge in [-0.25, -0.2) is 0 Å². The molecule has 0 aromatic heterocycles. The molecule has 9 nitrogen and oxygen atoms in total. The largest absolute Gasteiger partial charge is 0.463 e. The van der Waals surface area contributed by atoms with E-state index in [2.05, 4.69) is 0 Å². The average molecular weight is 362 g/mol. The maximum absolute atomic E-state index is 11.4. The lowest BCUT2D eigenvalue weighted by atomic mass is 10.0. The second-order valence-electron chi connectivity index (χ2n) is 5.82. The van der Waals surface area contributed by atoms with Crippen LogP contribution in [-0.2, 0) is 38.1 Å². The molecule has 0 amide bonds. The standard InChI is InChI=1S/C16H26O9/c1-9(5-6-17)22-15-7-13(23-11(3)19)16(24-12(4)20)14(25-15)8-21-10(2)18/h9,13-17H,5-8H2,1-4H3/t9-,13-,14-,15-,16-/m1/s1. The van der Waals surface area contributed by atoms with Crippen molar-refractivity contribution >= 4 is 17.9 Å². The summed E-state index contributed by atoms with van der Waals surface area (Å²) in [6, 6.07) is 0. The monoisotopic (exact) mass is 362 g/mol. The zero-order chi connectivity index (χ0) is 19.0. The summed E-state index contributed by atoms with van der Waals surface area (Å²) in [5.41, 5.74) is 0. The Morgan fingerprint density at radius 2 is 1.76 bits per heavy atom. The van der Waals surface area contributed by atoms with Gasteiger partial charge in [0.1, 0.15) is 18.8 Å². The van der Waals surface area contributed by atoms with Crippen molar-refractivity contribution in [3.63, 3.8) is 0 Å². The molecule has 0 aromatic rings. The van der Waals surface area contributed by atoms with E-state index in [0.29, 0.717) is 6.42 Å². The maximum Gasteiger partial charge on any atom is 0.303 e. The normalized spacial score (nSPS) is 27.2. The van der Waals surface area contributed by atoms with Crippen LogP contribution in [0.5, 0.6) is 0 Å². The Hall–Kier alpha value is -1.71. The van der Waals surface area contributed by atoms with E-state index < -0.39 is 42.5 Å². The summed E-state index contributed by atoms with van der Waals surface area (Å²) in [5, 5.41) is 8.97. The van der Waals surface area contributed by atoms with Crippen LogP contribution in [0, 0.1) is 0 Å². The van der Waals surface area contributed by atoms with Crippen LogP contribution in [-0.4, -0.2) is 66.9 Å². The SMILES string of the molecule is CC(=O)OC[C@H]1O[C@@H](O[C@H](C)CCO)C[C@@H](OC(C)=O)[C@H]1OC(C)=O. The van der Waals surface area contributed by atoms with Gasteiger partial charge in [0.15, 0.2) is 12.4 Å². The zero-order valence-corrected chi connectivity index (χ0v) is 14.9. The molecule has 5 atom stereocenters. The molecule has 0 aliphatic carbocycles. The minimum Gasteiger partial charge on any atom is -0.463 e. The third-order valence-electron chi connectivity index (χ3n) is 3.47. The summed E-state index contributed by atoms with van der Waals surface area (Å²) in [4.78, 5) is 33.9. The minimum atomic E-state index is -0.922. The molecule has 1 rings (SSSR count). The van der Waals surface area contributed by atoms with Crippen LogP contribution in [0.1, 0.15) is 40.5 Å². The Labute approximate surface area is 146 Å². The number of aliphatic hydroxyl groups is 1. The van der Waals surface area contributed by atoms with Gasteiger partial charge in [0.05, 0.1) is 6.10 Å². The second-order valence-corrected chi connectivity index (χ2v) is 5.82. The van der Waals surface area contributed by atoms with Crippen LogP contribution >= 0.6 is 0 Å². The van der Waals surface area contributed by atoms with E-state index >= 15 is 0 Å². The highest BCUT2D eigenvalue weighted by Crippen LogP contribution is 2.28. The van der Waals surface area contributed by atoms with Gasteiger partial charge in [-0.05, 0) is 13.3 Å². The highest BCUT2D eigenvalue weighted by Gasteiger charge is 2.44. The molecule has 0 saturated carbocycles. The van der Waals surface area contributed by atoms with Crippen molar-refractivity contribution in [3.8, 4) is 0 Å². The molecular weight excluding hydrogens is 336 g/mol. The lowest BCUT2D eigenvalue weighted by molar-refractivity contribution is -0.275. The topological polar surface area (TPSA) is 118 Å². The number of rotatable bonds is 8. The fourth-order valence-corrected chi connectivity index (χ4v) is 2.49. The van der Waals surface area contributed by atoms with Crippen LogP contribution in [0.15, 0.2) is 0 Å². The van der Waals surface area contributed by atoms with E-state index in [0.717, 1.165) is 0 Å². The summed E-state index contributed by atoms with van der Waals surface area (Å²) in [6.45, 7) is 5.24. The Balaban J connectivity index is 2.91. The Bertz CT molecular complexity index is 465. The van der Waals surface area contributed by atoms with Gasteiger partial charge in [-0.3, -0.25) is 14.4 Å². The number of hydrogen-bond donors (Lipinski definition) is 1. The Morgan fingerprint density at radius 1 is 1.12 bits per heavy atom. The van der Waals surface area contributed by atoms with Gasteiger partial charge in [-0.2, -0.15) is 0 Å². The third kappa shape index (κ3) is 7.80. The summed E-state index contributed by atoms with van der Waals surface area (Å²) < 4.78 is 26.8. The maximum atomic E-state index is 11.4. The van der Waals surface area contributed by atoms with Gasteiger partial charge < -0.3 is 28.8 Å². The van der Waals surface area contributed by atoms with Crippen molar-refractivity contribution in [1.82, 2.24) is 0 Å². The van der Waals surface area contributed by atoms with E-state index in [1.165, 1.54) is 20.8 Å². The Kier molecular flexibility index (Phi) is 8.81. The first kappa shape index (κ1) is 21.3. The molecule has 1 fully saturated rings. The quantitative estimate of drug-likeness (QED) is 0.481. The molecule has 0 bridgehead atoms. The van der Waals surface area contributed by atoms with Crippen LogP contribution < -0.4 is 0 Å². The van der Waals surface area contributed by atoms with E-state index in [4.69, 9.17) is 28.8 Å². The lowest BCUT2D eigenvalue weighted by Crippen LogP contribution is -2.54. The smallest absolute Gasteiger partial charge is 0.303 e. The van der Waals surface area contributed by atoms with Gasteiger partial charge in [0.2, 0.25) is 0 Å². The van der Waals surface area contributed by atoms with E-state index in [9.17, 15) is 14.4 Å². The summed E-state index contributed by atoms with van der Waals surface area (Å²) in [7, 11) is 0. The first-order valence-electron chi connectivity index (χ1n) is 8.12. The molecule has 1 aliphatic rings. The van der Waals surface area contributed by atoms with Crippen LogP contribution in [0.2, 0.25) is 0 Å². The van der Waals surface area contributed by atoms with Gasteiger partial charge in [-0.1, -0.05) is 0 Å². The number of ether oxygens (including phenoxy) is 5. The average Bonchev–Trinajstić information content (AvgIpc) is 2.47. The summed E-state index contributed by atoms with van der Waals surface area (Å²) >= 11 is 0. The van der Waals surface area contributed by atoms with Crippen molar-refractivity contribution in [2.45, 2.75) is 71.2 Å². The van der Waals surface area contributed by atoms with Crippen molar-refractivity contribution in [2.75, 3.05) is 13.2 Å². The lowest BCUT2D eigenvalue weighted by Gasteiger charge is -2.40. The fourth-order valence-electron chi connectivity index (χ4n) is 2.49. The van der Waals surface area contributed by atoms with Gasteiger partial charge in [0.25, 0.3) is 0 Å². The van der Waals surface area contributed by atoms with Crippen molar-refractivity contribution < 1.29 is 43.2 Å². The molecule has 1 N–H and O–H groups in total. The molecule has 144 valence electrons. The summed E-state index contributed by atoms with van der Waals surface area (Å²) in [5.74, 6) is -1.64. The molecule has 0 aromatic carbocycles. The van der Waals surface area contributed by atoms with E-state index in [-0.39, 0.29) is 25.7 Å². The van der Waals surface area contributed by atoms with Crippen molar-refractivity contribution in [2.24, 2.45) is 0 Å². The van der Waals surface area contributed by atoms with Crippen molar-refractivity contribution in [3.05, 3.63) is 0 Å².